The Balaban J connectivity index is 3.67. The number of nitrogens with one attached hydrogen (secondary N) is 1. The van der Waals surface area contributed by atoms with Gasteiger partial charge in [-0.15, -0.1) is 0 Å². The lowest BCUT2D eigenvalue weighted by molar-refractivity contribution is -0.123. The van der Waals surface area contributed by atoms with Crippen LogP contribution >= 0.6 is 0 Å². The van der Waals surface area contributed by atoms with E-state index in [-0.39, 0.29) is 12.5 Å². The molecule has 40 heavy (non-hydrogen) atoms. The average Bonchev–Trinajstić information content (AvgIpc) is 2.96. The normalized spacial score (nSPS) is 13.4. The molecule has 236 valence electrons. The summed E-state index contributed by atoms with van der Waals surface area (Å²) in [5.41, 5.74) is 0. The topological polar surface area (TPSA) is 69.6 Å². The molecule has 0 aliphatic heterocycles. The maximum atomic E-state index is 12.2. The Morgan fingerprint density at radius 3 is 1.45 bits per heavy atom. The summed E-state index contributed by atoms with van der Waals surface area (Å²) in [6.07, 6.45) is 39.7. The first-order valence-corrected chi connectivity index (χ1v) is 17.6. The summed E-state index contributed by atoms with van der Waals surface area (Å²) < 4.78 is 0. The summed E-state index contributed by atoms with van der Waals surface area (Å²) in [6.45, 7) is 4.27. The van der Waals surface area contributed by atoms with Gasteiger partial charge in [-0.1, -0.05) is 167 Å². The van der Waals surface area contributed by atoms with E-state index >= 15 is 0 Å². The summed E-state index contributed by atoms with van der Waals surface area (Å²) in [5.74, 6) is -0.0761. The van der Waals surface area contributed by atoms with E-state index in [1.165, 1.54) is 128 Å². The van der Waals surface area contributed by atoms with Crippen molar-refractivity contribution in [1.29, 1.82) is 0 Å². The molecule has 2 atom stereocenters. The second-order valence-electron chi connectivity index (χ2n) is 11.9. The van der Waals surface area contributed by atoms with Gasteiger partial charge in [-0.25, -0.2) is 0 Å². The first-order chi connectivity index (χ1) is 19.7. The predicted octanol–water partition coefficient (Wildman–Crippen LogP) is 10.1. The van der Waals surface area contributed by atoms with Crippen molar-refractivity contribution in [3.8, 4) is 0 Å². The lowest BCUT2D eigenvalue weighted by atomic mass is 10.0. The third-order valence-corrected chi connectivity index (χ3v) is 7.94. The fraction of sp³-hybridized carbons (Fsp3) is 0.861. The van der Waals surface area contributed by atoms with Crippen molar-refractivity contribution < 1.29 is 15.0 Å². The number of hydrogen-bond acceptors (Lipinski definition) is 3. The predicted molar refractivity (Wildman–Crippen MR) is 175 cm³/mol. The van der Waals surface area contributed by atoms with Crippen LogP contribution < -0.4 is 5.32 Å². The van der Waals surface area contributed by atoms with Crippen LogP contribution in [0, 0.1) is 0 Å². The fourth-order valence-electron chi connectivity index (χ4n) is 5.19. The Morgan fingerprint density at radius 2 is 0.975 bits per heavy atom. The number of hydrogen-bond donors (Lipinski definition) is 3. The maximum Gasteiger partial charge on any atom is 0.220 e. The smallest absolute Gasteiger partial charge is 0.220 e. The van der Waals surface area contributed by atoms with Crippen LogP contribution in [0.5, 0.6) is 0 Å². The van der Waals surface area contributed by atoms with E-state index in [1.807, 2.05) is 6.08 Å². The van der Waals surface area contributed by atoms with Gasteiger partial charge < -0.3 is 15.5 Å². The third-order valence-electron chi connectivity index (χ3n) is 7.94. The molecule has 0 aromatic rings. The largest absolute Gasteiger partial charge is 0.394 e. The summed E-state index contributed by atoms with van der Waals surface area (Å²) in [7, 11) is 0. The van der Waals surface area contributed by atoms with Crippen molar-refractivity contribution >= 4 is 5.91 Å². The molecule has 0 aromatic carbocycles. The first kappa shape index (κ1) is 38.9. The second kappa shape index (κ2) is 32.4. The highest BCUT2D eigenvalue weighted by molar-refractivity contribution is 5.76. The van der Waals surface area contributed by atoms with E-state index in [0.29, 0.717) is 6.42 Å². The quantitative estimate of drug-likeness (QED) is 0.0580. The standard InChI is InChI=1S/C36H69NO3/c1-3-5-7-9-11-13-15-16-17-18-19-20-22-23-25-27-29-31-35(39)34(33-38)37-36(40)32-30-28-26-24-21-14-12-10-8-6-4-2/h22-23,29,31,34-35,38-39H,3-21,24-28,30,32-33H2,1-2H3,(H,37,40)/b23-22+,31-29+/t34-,35+/m0/s1. The molecule has 0 heterocycles. The van der Waals surface area contributed by atoms with E-state index in [0.717, 1.165) is 32.1 Å². The van der Waals surface area contributed by atoms with Gasteiger partial charge in [-0.3, -0.25) is 4.79 Å². The summed E-state index contributed by atoms with van der Waals surface area (Å²) in [6, 6.07) is -0.631. The lowest BCUT2D eigenvalue weighted by Gasteiger charge is -2.19. The minimum absolute atomic E-state index is 0.0761. The molecule has 3 N–H and O–H groups in total. The van der Waals surface area contributed by atoms with Crippen molar-refractivity contribution in [2.45, 2.75) is 193 Å². The Hall–Kier alpha value is -1.13. The van der Waals surface area contributed by atoms with Gasteiger partial charge in [0.1, 0.15) is 0 Å². The Kier molecular flexibility index (Phi) is 31.5. The van der Waals surface area contributed by atoms with Gasteiger partial charge in [0.15, 0.2) is 0 Å². The number of carbonyl (C=O) groups excluding carboxylic acids is 1. The zero-order chi connectivity index (χ0) is 29.4. The molecular formula is C36H69NO3. The molecule has 0 saturated heterocycles. The average molecular weight is 564 g/mol. The zero-order valence-corrected chi connectivity index (χ0v) is 26.9. The van der Waals surface area contributed by atoms with Crippen LogP contribution in [0.2, 0.25) is 0 Å². The van der Waals surface area contributed by atoms with Gasteiger partial charge in [0.2, 0.25) is 5.91 Å². The van der Waals surface area contributed by atoms with Crippen molar-refractivity contribution in [2.75, 3.05) is 6.61 Å². The van der Waals surface area contributed by atoms with E-state index in [4.69, 9.17) is 0 Å². The number of unbranched alkanes of at least 4 members (excludes halogenated alkanes) is 22. The fourth-order valence-corrected chi connectivity index (χ4v) is 5.19. The molecule has 4 nitrogen and oxygen atoms in total. The molecule has 0 fully saturated rings. The molecule has 4 heteroatoms. The van der Waals surface area contributed by atoms with Crippen molar-refractivity contribution in [1.82, 2.24) is 5.32 Å². The Bertz CT molecular complexity index is 574. The molecule has 1 amide bonds. The minimum atomic E-state index is -0.855. The van der Waals surface area contributed by atoms with E-state index in [1.54, 1.807) is 6.08 Å². The van der Waals surface area contributed by atoms with Crippen LogP contribution in [0.3, 0.4) is 0 Å². The maximum absolute atomic E-state index is 12.2. The van der Waals surface area contributed by atoms with Gasteiger partial charge in [0.25, 0.3) is 0 Å². The van der Waals surface area contributed by atoms with E-state index < -0.39 is 12.1 Å². The lowest BCUT2D eigenvalue weighted by Crippen LogP contribution is -2.45. The summed E-state index contributed by atoms with van der Waals surface area (Å²) >= 11 is 0. The van der Waals surface area contributed by atoms with Crippen LogP contribution in [0.1, 0.15) is 181 Å². The van der Waals surface area contributed by atoms with Gasteiger partial charge in [0.05, 0.1) is 18.8 Å². The Labute approximate surface area is 249 Å². The van der Waals surface area contributed by atoms with Gasteiger partial charge in [0, 0.05) is 6.42 Å². The second-order valence-corrected chi connectivity index (χ2v) is 11.9. The SMILES string of the molecule is CCCCCCCCCCCCC/C=C/CC/C=C/[C@@H](O)[C@H](CO)NC(=O)CCCCCCCCCCCCC. The highest BCUT2D eigenvalue weighted by atomic mass is 16.3. The van der Waals surface area contributed by atoms with Crippen molar-refractivity contribution in [3.05, 3.63) is 24.3 Å². The van der Waals surface area contributed by atoms with Crippen LogP contribution in [-0.2, 0) is 4.79 Å². The van der Waals surface area contributed by atoms with Gasteiger partial charge in [-0.2, -0.15) is 0 Å². The first-order valence-electron chi connectivity index (χ1n) is 17.6. The molecule has 0 saturated carbocycles. The monoisotopic (exact) mass is 564 g/mol. The van der Waals surface area contributed by atoms with Crippen LogP contribution in [0.15, 0.2) is 24.3 Å². The highest BCUT2D eigenvalue weighted by Crippen LogP contribution is 2.13. The molecule has 0 rings (SSSR count). The van der Waals surface area contributed by atoms with Crippen molar-refractivity contribution in [3.63, 3.8) is 0 Å². The summed E-state index contributed by atoms with van der Waals surface area (Å²) in [5, 5.41) is 22.8. The van der Waals surface area contributed by atoms with E-state index in [2.05, 4.69) is 31.3 Å². The van der Waals surface area contributed by atoms with Crippen LogP contribution in [-0.4, -0.2) is 34.9 Å². The molecular weight excluding hydrogens is 494 g/mol. The van der Waals surface area contributed by atoms with Gasteiger partial charge in [-0.05, 0) is 32.1 Å². The Morgan fingerprint density at radius 1 is 0.575 bits per heavy atom. The number of rotatable bonds is 31. The third kappa shape index (κ3) is 28.4. The molecule has 0 aromatic heterocycles. The molecule has 0 unspecified atom stereocenters. The summed E-state index contributed by atoms with van der Waals surface area (Å²) in [4.78, 5) is 12.2. The number of allylic oxidation sites excluding steroid dienone is 3. The number of amides is 1. The number of aliphatic hydroxyl groups is 2. The molecule has 0 aliphatic rings. The zero-order valence-electron chi connectivity index (χ0n) is 26.9. The van der Waals surface area contributed by atoms with Crippen LogP contribution in [0.4, 0.5) is 0 Å². The number of aliphatic hydroxyl groups excluding tert-OH is 2. The van der Waals surface area contributed by atoms with E-state index in [9.17, 15) is 15.0 Å². The molecule has 0 spiro atoms. The molecule has 0 bridgehead atoms. The molecule has 0 radical (unpaired) electrons. The van der Waals surface area contributed by atoms with Gasteiger partial charge >= 0.3 is 0 Å². The van der Waals surface area contributed by atoms with Crippen molar-refractivity contribution in [2.24, 2.45) is 0 Å². The van der Waals surface area contributed by atoms with Crippen LogP contribution in [0.25, 0.3) is 0 Å². The highest BCUT2D eigenvalue weighted by Gasteiger charge is 2.17. The molecule has 0 aliphatic carbocycles. The minimum Gasteiger partial charge on any atom is -0.394 e. The number of carbonyl (C=O) groups is 1.